The van der Waals surface area contributed by atoms with E-state index in [2.05, 4.69) is 9.97 Å². The number of carbonyl (C=O) groups excluding carboxylic acids is 1. The van der Waals surface area contributed by atoms with E-state index in [1.54, 1.807) is 17.9 Å². The van der Waals surface area contributed by atoms with Gasteiger partial charge in [-0.2, -0.15) is 5.26 Å². The summed E-state index contributed by atoms with van der Waals surface area (Å²) in [4.78, 5) is 23.8. The van der Waals surface area contributed by atoms with E-state index in [1.807, 2.05) is 17.9 Å². The van der Waals surface area contributed by atoms with E-state index in [4.69, 9.17) is 10.00 Å². The lowest BCUT2D eigenvalue weighted by atomic mass is 10.3. The number of aromatic nitrogens is 2. The molecule has 1 aromatic rings. The van der Waals surface area contributed by atoms with Crippen LogP contribution in [0, 0.1) is 18.3 Å². The van der Waals surface area contributed by atoms with Gasteiger partial charge in [0, 0.05) is 31.9 Å². The van der Waals surface area contributed by atoms with Crippen LogP contribution < -0.4 is 4.90 Å². The number of nitriles is 1. The van der Waals surface area contributed by atoms with Gasteiger partial charge in [-0.05, 0) is 19.9 Å². The van der Waals surface area contributed by atoms with Gasteiger partial charge in [-0.1, -0.05) is 0 Å². The fourth-order valence-electron chi connectivity index (χ4n) is 2.06. The zero-order valence-electron chi connectivity index (χ0n) is 11.7. The summed E-state index contributed by atoms with van der Waals surface area (Å²) in [6, 6.07) is 3.68. The molecule has 1 aliphatic heterocycles. The Bertz CT molecular complexity index is 532. The van der Waals surface area contributed by atoms with Gasteiger partial charge >= 0.3 is 6.09 Å². The quantitative estimate of drug-likeness (QED) is 0.798. The van der Waals surface area contributed by atoms with E-state index >= 15 is 0 Å². The summed E-state index contributed by atoms with van der Waals surface area (Å²) in [6.45, 7) is 6.40. The summed E-state index contributed by atoms with van der Waals surface area (Å²) in [7, 11) is 0. The van der Waals surface area contributed by atoms with Crippen molar-refractivity contribution < 1.29 is 9.53 Å². The first-order valence-corrected chi connectivity index (χ1v) is 6.56. The molecule has 7 nitrogen and oxygen atoms in total. The Balaban J connectivity index is 2.02. The molecule has 2 heterocycles. The smallest absolute Gasteiger partial charge is 0.409 e. The first-order chi connectivity index (χ1) is 9.63. The third-order valence-corrected chi connectivity index (χ3v) is 3.05. The SMILES string of the molecule is CCOC(=O)N1CCN(c2nc(C)cc(C#N)n2)CC1. The van der Waals surface area contributed by atoms with E-state index in [0.29, 0.717) is 44.4 Å². The average molecular weight is 275 g/mol. The van der Waals surface area contributed by atoms with Crippen molar-refractivity contribution >= 4 is 12.0 Å². The van der Waals surface area contributed by atoms with E-state index < -0.39 is 0 Å². The molecule has 0 spiro atoms. The maximum absolute atomic E-state index is 11.6. The number of amides is 1. The Morgan fingerprint density at radius 3 is 2.70 bits per heavy atom. The number of anilines is 1. The van der Waals surface area contributed by atoms with Crippen molar-refractivity contribution in [1.82, 2.24) is 14.9 Å². The van der Waals surface area contributed by atoms with Crippen LogP contribution in [0.1, 0.15) is 18.3 Å². The zero-order chi connectivity index (χ0) is 14.5. The minimum atomic E-state index is -0.282. The van der Waals surface area contributed by atoms with Crippen molar-refractivity contribution in [3.63, 3.8) is 0 Å². The zero-order valence-corrected chi connectivity index (χ0v) is 11.7. The first kappa shape index (κ1) is 14.1. The number of rotatable bonds is 2. The molecule has 0 aliphatic carbocycles. The van der Waals surface area contributed by atoms with Crippen molar-refractivity contribution in [3.8, 4) is 6.07 Å². The van der Waals surface area contributed by atoms with Crippen molar-refractivity contribution in [2.45, 2.75) is 13.8 Å². The molecule has 1 fully saturated rings. The average Bonchev–Trinajstić information content (AvgIpc) is 2.47. The van der Waals surface area contributed by atoms with Crippen LogP contribution in [0.4, 0.5) is 10.7 Å². The molecule has 106 valence electrons. The second kappa shape index (κ2) is 6.19. The number of ether oxygens (including phenoxy) is 1. The molecule has 0 radical (unpaired) electrons. The molecule has 0 bridgehead atoms. The fraction of sp³-hybridized carbons (Fsp3) is 0.538. The topological polar surface area (TPSA) is 82.4 Å². The number of carbonyl (C=O) groups is 1. The highest BCUT2D eigenvalue weighted by molar-refractivity contribution is 5.68. The maximum atomic E-state index is 11.6. The summed E-state index contributed by atoms with van der Waals surface area (Å²) in [6.07, 6.45) is -0.282. The summed E-state index contributed by atoms with van der Waals surface area (Å²) in [5, 5.41) is 8.93. The molecule has 1 aliphatic rings. The summed E-state index contributed by atoms with van der Waals surface area (Å²) < 4.78 is 4.97. The van der Waals surface area contributed by atoms with Crippen LogP contribution in [-0.2, 0) is 4.74 Å². The van der Waals surface area contributed by atoms with Crippen molar-refractivity contribution in [3.05, 3.63) is 17.5 Å². The van der Waals surface area contributed by atoms with Gasteiger partial charge in [0.2, 0.25) is 5.95 Å². The molecule has 0 atom stereocenters. The minimum absolute atomic E-state index is 0.282. The fourth-order valence-corrected chi connectivity index (χ4v) is 2.06. The van der Waals surface area contributed by atoms with Crippen LogP contribution in [-0.4, -0.2) is 53.7 Å². The lowest BCUT2D eigenvalue weighted by Gasteiger charge is -2.34. The molecule has 1 amide bonds. The maximum Gasteiger partial charge on any atom is 0.409 e. The Morgan fingerprint density at radius 2 is 2.10 bits per heavy atom. The van der Waals surface area contributed by atoms with Crippen LogP contribution >= 0.6 is 0 Å². The third kappa shape index (κ3) is 3.15. The monoisotopic (exact) mass is 275 g/mol. The molecular formula is C13H17N5O2. The standard InChI is InChI=1S/C13H17N5O2/c1-3-20-13(19)18-6-4-17(5-7-18)12-15-10(2)8-11(9-14)16-12/h8H,3-7H2,1-2H3. The molecule has 7 heteroatoms. The highest BCUT2D eigenvalue weighted by Crippen LogP contribution is 2.13. The molecule has 1 aromatic heterocycles. The molecule has 0 unspecified atom stereocenters. The molecule has 0 N–H and O–H groups in total. The van der Waals surface area contributed by atoms with Gasteiger partial charge in [0.1, 0.15) is 11.8 Å². The molecule has 1 saturated heterocycles. The highest BCUT2D eigenvalue weighted by Gasteiger charge is 2.23. The van der Waals surface area contributed by atoms with Gasteiger partial charge in [-0.15, -0.1) is 0 Å². The molecular weight excluding hydrogens is 258 g/mol. The second-order valence-corrected chi connectivity index (χ2v) is 4.48. The van der Waals surface area contributed by atoms with Crippen molar-refractivity contribution in [2.24, 2.45) is 0 Å². The summed E-state index contributed by atoms with van der Waals surface area (Å²) in [5.74, 6) is 0.546. The van der Waals surface area contributed by atoms with E-state index in [-0.39, 0.29) is 6.09 Å². The van der Waals surface area contributed by atoms with Gasteiger partial charge in [0.15, 0.2) is 0 Å². The van der Waals surface area contributed by atoms with E-state index in [0.717, 1.165) is 5.69 Å². The predicted molar refractivity (Wildman–Crippen MR) is 72.3 cm³/mol. The molecule has 0 saturated carbocycles. The van der Waals surface area contributed by atoms with Crippen molar-refractivity contribution in [1.29, 1.82) is 5.26 Å². The minimum Gasteiger partial charge on any atom is -0.450 e. The van der Waals surface area contributed by atoms with Gasteiger partial charge in [0.05, 0.1) is 6.61 Å². The Hall–Kier alpha value is -2.36. The van der Waals surface area contributed by atoms with Crippen LogP contribution in [0.3, 0.4) is 0 Å². The van der Waals surface area contributed by atoms with E-state index in [1.165, 1.54) is 0 Å². The van der Waals surface area contributed by atoms with Gasteiger partial charge in [-0.3, -0.25) is 0 Å². The number of hydrogen-bond donors (Lipinski definition) is 0. The van der Waals surface area contributed by atoms with Gasteiger partial charge < -0.3 is 14.5 Å². The number of aryl methyl sites for hydroxylation is 1. The predicted octanol–water partition coefficient (Wildman–Crippen LogP) is 0.935. The molecule has 0 aromatic carbocycles. The third-order valence-electron chi connectivity index (χ3n) is 3.05. The van der Waals surface area contributed by atoms with Gasteiger partial charge in [-0.25, -0.2) is 14.8 Å². The molecule has 20 heavy (non-hydrogen) atoms. The lowest BCUT2D eigenvalue weighted by molar-refractivity contribution is 0.105. The molecule has 2 rings (SSSR count). The number of nitrogens with zero attached hydrogens (tertiary/aromatic N) is 5. The lowest BCUT2D eigenvalue weighted by Crippen LogP contribution is -2.49. The normalized spacial score (nSPS) is 14.8. The van der Waals surface area contributed by atoms with Crippen LogP contribution in [0.25, 0.3) is 0 Å². The Morgan fingerprint density at radius 1 is 1.40 bits per heavy atom. The number of hydrogen-bond acceptors (Lipinski definition) is 6. The Kier molecular flexibility index (Phi) is 4.35. The van der Waals surface area contributed by atoms with Crippen molar-refractivity contribution in [2.75, 3.05) is 37.7 Å². The van der Waals surface area contributed by atoms with Crippen LogP contribution in [0.2, 0.25) is 0 Å². The first-order valence-electron chi connectivity index (χ1n) is 6.56. The van der Waals surface area contributed by atoms with Crippen LogP contribution in [0.5, 0.6) is 0 Å². The van der Waals surface area contributed by atoms with Gasteiger partial charge in [0.25, 0.3) is 0 Å². The van der Waals surface area contributed by atoms with E-state index in [9.17, 15) is 4.79 Å². The Labute approximate surface area is 117 Å². The largest absolute Gasteiger partial charge is 0.450 e. The summed E-state index contributed by atoms with van der Waals surface area (Å²) in [5.41, 5.74) is 1.12. The number of piperazine rings is 1. The second-order valence-electron chi connectivity index (χ2n) is 4.48. The van der Waals surface area contributed by atoms with Crippen LogP contribution in [0.15, 0.2) is 6.07 Å². The summed E-state index contributed by atoms with van der Waals surface area (Å²) >= 11 is 0. The highest BCUT2D eigenvalue weighted by atomic mass is 16.6.